The molecule has 0 atom stereocenters. The molecule has 2 aromatic rings. The molecule has 2 rings (SSSR count). The summed E-state index contributed by atoms with van der Waals surface area (Å²) in [6, 6.07) is 4.63. The first-order chi connectivity index (χ1) is 6.22. The minimum Gasteiger partial charge on any atom is -0.143 e. The molecule has 0 aliphatic heterocycles. The zero-order valence-electron chi connectivity index (χ0n) is 7.73. The van der Waals surface area contributed by atoms with Crippen LogP contribution in [-0.4, -0.2) is 0 Å². The summed E-state index contributed by atoms with van der Waals surface area (Å²) < 4.78 is 2.81. The Hall–Kier alpha value is -0.0900. The molecule has 0 N–H and O–H groups in total. The van der Waals surface area contributed by atoms with Gasteiger partial charge < -0.3 is 0 Å². The van der Waals surface area contributed by atoms with Crippen molar-refractivity contribution in [2.24, 2.45) is 0 Å². The van der Waals surface area contributed by atoms with Crippen LogP contribution in [0.1, 0.15) is 18.1 Å². The number of rotatable bonds is 1. The molecule has 1 heterocycles. The minimum atomic E-state index is 1.13. The summed E-state index contributed by atoms with van der Waals surface area (Å²) >= 11 is 4.27. The molecule has 2 heteroatoms. The van der Waals surface area contributed by atoms with Gasteiger partial charge >= 0.3 is 0 Å². The normalized spacial score (nSPS) is 11.0. The van der Waals surface area contributed by atoms with E-state index in [1.54, 1.807) is 0 Å². The van der Waals surface area contributed by atoms with E-state index in [0.717, 1.165) is 6.42 Å². The van der Waals surface area contributed by atoms with Crippen LogP contribution in [-0.2, 0) is 6.42 Å². The van der Waals surface area contributed by atoms with E-state index in [1.165, 1.54) is 24.8 Å². The highest BCUT2D eigenvalue weighted by molar-refractivity contribution is 14.1. The lowest BCUT2D eigenvalue weighted by Gasteiger charge is -2.01. The summed E-state index contributed by atoms with van der Waals surface area (Å²) in [6.07, 6.45) is 1.13. The maximum absolute atomic E-state index is 2.42. The van der Waals surface area contributed by atoms with Crippen molar-refractivity contribution in [3.63, 3.8) is 0 Å². The average Bonchev–Trinajstić information content (AvgIpc) is 2.46. The Morgan fingerprint density at radius 1 is 1.38 bits per heavy atom. The monoisotopic (exact) mass is 302 g/mol. The molecule has 1 aromatic heterocycles. The van der Waals surface area contributed by atoms with Crippen LogP contribution in [0.15, 0.2) is 17.5 Å². The molecule has 13 heavy (non-hydrogen) atoms. The molecular formula is C11H11IS. The summed E-state index contributed by atoms with van der Waals surface area (Å²) in [5.74, 6) is 0. The second-order valence-corrected chi connectivity index (χ2v) is 5.29. The van der Waals surface area contributed by atoms with Crippen LogP contribution < -0.4 is 0 Å². The smallest absolute Gasteiger partial charge is 0.0356 e. The van der Waals surface area contributed by atoms with Gasteiger partial charge in [-0.2, -0.15) is 0 Å². The lowest BCUT2D eigenvalue weighted by Crippen LogP contribution is -1.84. The maximum atomic E-state index is 2.42. The number of hydrogen-bond acceptors (Lipinski definition) is 1. The van der Waals surface area contributed by atoms with Crippen LogP contribution in [0.3, 0.4) is 0 Å². The van der Waals surface area contributed by atoms with Crippen LogP contribution in [0.25, 0.3) is 10.1 Å². The Morgan fingerprint density at radius 2 is 2.15 bits per heavy atom. The summed E-state index contributed by atoms with van der Waals surface area (Å²) in [4.78, 5) is 0. The number of thiophene rings is 1. The van der Waals surface area contributed by atoms with Crippen molar-refractivity contribution in [3.8, 4) is 0 Å². The number of benzene rings is 1. The number of fused-ring (bicyclic) bond motifs is 1. The Morgan fingerprint density at radius 3 is 2.85 bits per heavy atom. The third-order valence-electron chi connectivity index (χ3n) is 2.32. The van der Waals surface area contributed by atoms with Gasteiger partial charge in [-0.15, -0.1) is 11.3 Å². The molecule has 0 radical (unpaired) electrons. The lowest BCUT2D eigenvalue weighted by molar-refractivity contribution is 1.13. The van der Waals surface area contributed by atoms with Gasteiger partial charge in [-0.1, -0.05) is 6.92 Å². The van der Waals surface area contributed by atoms with E-state index in [-0.39, 0.29) is 0 Å². The molecule has 0 aliphatic carbocycles. The van der Waals surface area contributed by atoms with Gasteiger partial charge in [-0.25, -0.2) is 0 Å². The second-order valence-electron chi connectivity index (χ2n) is 3.21. The quantitative estimate of drug-likeness (QED) is 0.686. The Bertz CT molecular complexity index is 443. The zero-order chi connectivity index (χ0) is 9.42. The van der Waals surface area contributed by atoms with Crippen LogP contribution in [0.5, 0.6) is 0 Å². The van der Waals surface area contributed by atoms with Crippen LogP contribution in [0.4, 0.5) is 0 Å². The van der Waals surface area contributed by atoms with Gasteiger partial charge in [0.05, 0.1) is 0 Å². The molecule has 0 bridgehead atoms. The predicted octanol–water partition coefficient (Wildman–Crippen LogP) is 4.38. The van der Waals surface area contributed by atoms with E-state index in [2.05, 4.69) is 54.0 Å². The predicted molar refractivity (Wildman–Crippen MR) is 68.7 cm³/mol. The first-order valence-corrected chi connectivity index (χ1v) is 6.34. The highest BCUT2D eigenvalue weighted by Gasteiger charge is 2.04. The van der Waals surface area contributed by atoms with Gasteiger partial charge in [0.15, 0.2) is 0 Å². The Balaban J connectivity index is 2.77. The van der Waals surface area contributed by atoms with Crippen molar-refractivity contribution in [1.29, 1.82) is 0 Å². The Kier molecular flexibility index (Phi) is 2.60. The molecule has 0 aliphatic rings. The molecule has 1 aromatic carbocycles. The van der Waals surface area contributed by atoms with Crippen molar-refractivity contribution in [1.82, 2.24) is 0 Å². The summed E-state index contributed by atoms with van der Waals surface area (Å²) in [5, 5.41) is 3.67. The van der Waals surface area contributed by atoms with Crippen molar-refractivity contribution in [2.75, 3.05) is 0 Å². The summed E-state index contributed by atoms with van der Waals surface area (Å²) in [6.45, 7) is 4.40. The van der Waals surface area contributed by atoms with Crippen molar-refractivity contribution in [3.05, 3.63) is 32.2 Å². The molecule has 0 saturated carbocycles. The van der Waals surface area contributed by atoms with E-state index in [0.29, 0.717) is 0 Å². The fourth-order valence-electron chi connectivity index (χ4n) is 1.49. The fourth-order valence-corrected chi connectivity index (χ4v) is 3.52. The standard InChI is InChI=1S/C11H11IS/c1-3-8-4-9-7(2)6-13-11(9)5-10(8)12/h4-6H,3H2,1-2H3. The third-order valence-corrected chi connectivity index (χ3v) is 4.38. The first kappa shape index (κ1) is 9.46. The second kappa shape index (κ2) is 3.58. The fraction of sp³-hybridized carbons (Fsp3) is 0.273. The van der Waals surface area contributed by atoms with E-state index >= 15 is 0 Å². The third kappa shape index (κ3) is 1.62. The lowest BCUT2D eigenvalue weighted by atomic mass is 10.1. The van der Waals surface area contributed by atoms with Crippen molar-refractivity contribution >= 4 is 44.0 Å². The minimum absolute atomic E-state index is 1.13. The van der Waals surface area contributed by atoms with Gasteiger partial charge in [0.1, 0.15) is 0 Å². The van der Waals surface area contributed by atoms with E-state index in [1.807, 2.05) is 11.3 Å². The average molecular weight is 302 g/mol. The van der Waals surface area contributed by atoms with Crippen LogP contribution in [0, 0.1) is 10.5 Å². The van der Waals surface area contributed by atoms with E-state index in [9.17, 15) is 0 Å². The van der Waals surface area contributed by atoms with Gasteiger partial charge in [0.25, 0.3) is 0 Å². The van der Waals surface area contributed by atoms with Gasteiger partial charge in [0.2, 0.25) is 0 Å². The summed E-state index contributed by atoms with van der Waals surface area (Å²) in [7, 11) is 0. The topological polar surface area (TPSA) is 0 Å². The molecule has 0 amide bonds. The molecule has 0 nitrogen and oxygen atoms in total. The van der Waals surface area contributed by atoms with Gasteiger partial charge in [-0.05, 0) is 70.0 Å². The van der Waals surface area contributed by atoms with Crippen molar-refractivity contribution < 1.29 is 0 Å². The SMILES string of the molecule is CCc1cc2c(C)csc2cc1I. The van der Waals surface area contributed by atoms with E-state index < -0.39 is 0 Å². The largest absolute Gasteiger partial charge is 0.143 e. The van der Waals surface area contributed by atoms with Crippen molar-refractivity contribution in [2.45, 2.75) is 20.3 Å². The molecule has 0 fully saturated rings. The summed E-state index contributed by atoms with van der Waals surface area (Å²) in [5.41, 5.74) is 2.88. The van der Waals surface area contributed by atoms with E-state index in [4.69, 9.17) is 0 Å². The molecule has 0 spiro atoms. The Labute approximate surface area is 96.1 Å². The first-order valence-electron chi connectivity index (χ1n) is 4.38. The number of halogens is 1. The number of aryl methyl sites for hydroxylation is 2. The highest BCUT2D eigenvalue weighted by Crippen LogP contribution is 2.29. The molecule has 68 valence electrons. The highest BCUT2D eigenvalue weighted by atomic mass is 127. The molecule has 0 saturated heterocycles. The van der Waals surface area contributed by atoms with Gasteiger partial charge in [0, 0.05) is 8.27 Å². The van der Waals surface area contributed by atoms with Crippen LogP contribution in [0.2, 0.25) is 0 Å². The van der Waals surface area contributed by atoms with Crippen LogP contribution >= 0.6 is 33.9 Å². The maximum Gasteiger partial charge on any atom is 0.0356 e. The number of hydrogen-bond donors (Lipinski definition) is 0. The molecule has 0 unspecified atom stereocenters. The van der Waals surface area contributed by atoms with Gasteiger partial charge in [-0.3, -0.25) is 0 Å². The zero-order valence-corrected chi connectivity index (χ0v) is 10.7. The molecular weight excluding hydrogens is 291 g/mol.